The van der Waals surface area contributed by atoms with Crippen molar-refractivity contribution in [2.24, 2.45) is 0 Å². The van der Waals surface area contributed by atoms with Crippen LogP contribution in [0.25, 0.3) is 5.65 Å². The second kappa shape index (κ2) is 5.44. The Balaban J connectivity index is 1.68. The van der Waals surface area contributed by atoms with Gasteiger partial charge < -0.3 is 4.90 Å². The first-order valence-corrected chi connectivity index (χ1v) is 8.22. The molecule has 0 spiro atoms. The zero-order valence-electron chi connectivity index (χ0n) is 13.9. The van der Waals surface area contributed by atoms with Crippen LogP contribution in [-0.4, -0.2) is 34.0 Å². The lowest BCUT2D eigenvalue weighted by molar-refractivity contribution is 0.111. The van der Waals surface area contributed by atoms with Gasteiger partial charge in [0.2, 0.25) is 5.82 Å². The molecule has 1 atom stereocenters. The molecule has 122 valence electrons. The molecule has 0 bridgehead atoms. The molecule has 0 N–H and O–H groups in total. The summed E-state index contributed by atoms with van der Waals surface area (Å²) in [6.07, 6.45) is 3.78. The molecule has 1 saturated heterocycles. The predicted molar refractivity (Wildman–Crippen MR) is 93.7 cm³/mol. The number of fused-ring (bicyclic) bond motifs is 1. The van der Waals surface area contributed by atoms with Gasteiger partial charge in [0.05, 0.1) is 11.9 Å². The van der Waals surface area contributed by atoms with Crippen LogP contribution in [0.2, 0.25) is 0 Å². The van der Waals surface area contributed by atoms with E-state index in [9.17, 15) is 4.79 Å². The van der Waals surface area contributed by atoms with E-state index in [2.05, 4.69) is 58.3 Å². The van der Waals surface area contributed by atoms with Gasteiger partial charge in [-0.05, 0) is 30.5 Å². The summed E-state index contributed by atoms with van der Waals surface area (Å²) < 4.78 is 1.71. The number of aromatic nitrogens is 3. The smallest absolute Gasteiger partial charge is 0.214 e. The lowest BCUT2D eigenvalue weighted by atomic mass is 9.82. The molecule has 2 aromatic heterocycles. The number of rotatable bonds is 3. The first-order valence-electron chi connectivity index (χ1n) is 8.22. The average molecular weight is 320 g/mol. The van der Waals surface area contributed by atoms with Gasteiger partial charge in [0.1, 0.15) is 0 Å². The van der Waals surface area contributed by atoms with E-state index in [4.69, 9.17) is 0 Å². The van der Waals surface area contributed by atoms with Crippen LogP contribution in [0.5, 0.6) is 0 Å². The lowest BCUT2D eigenvalue weighted by Crippen LogP contribution is -2.28. The maximum atomic E-state index is 10.9. The van der Waals surface area contributed by atoms with Gasteiger partial charge in [-0.2, -0.15) is 0 Å². The fraction of sp³-hybridized carbons (Fsp3) is 0.316. The number of aldehydes is 1. The van der Waals surface area contributed by atoms with Gasteiger partial charge in [0, 0.05) is 18.5 Å². The number of benzene rings is 1. The highest BCUT2D eigenvalue weighted by atomic mass is 16.1. The first-order chi connectivity index (χ1) is 11.6. The Hall–Kier alpha value is -2.69. The molecule has 1 aliphatic heterocycles. The van der Waals surface area contributed by atoms with Crippen LogP contribution in [-0.2, 0) is 5.41 Å². The van der Waals surface area contributed by atoms with Gasteiger partial charge >= 0.3 is 0 Å². The molecule has 3 aromatic rings. The zero-order chi connectivity index (χ0) is 16.7. The van der Waals surface area contributed by atoms with Gasteiger partial charge in [-0.25, -0.2) is 9.50 Å². The maximum Gasteiger partial charge on any atom is 0.214 e. The van der Waals surface area contributed by atoms with E-state index in [0.717, 1.165) is 36.4 Å². The van der Waals surface area contributed by atoms with Crippen LogP contribution in [0.4, 0.5) is 5.69 Å². The summed E-state index contributed by atoms with van der Waals surface area (Å²) in [6.45, 7) is 6.31. The summed E-state index contributed by atoms with van der Waals surface area (Å²) in [5.41, 5.74) is 4.43. The standard InChI is InChI=1S/C19H20N4O/c1-14-10-16(11-23-18(14)20-17(12-24)21-23)22-9-8-19(2,13-22)15-6-4-3-5-7-15/h3-7,10-12H,8-9,13H2,1-2H3/t19-/m0/s1. The molecule has 1 aromatic carbocycles. The highest BCUT2D eigenvalue weighted by Gasteiger charge is 2.35. The number of nitrogens with zero attached hydrogens (tertiary/aromatic N) is 4. The van der Waals surface area contributed by atoms with E-state index in [1.807, 2.05) is 13.1 Å². The van der Waals surface area contributed by atoms with Crippen molar-refractivity contribution in [3.63, 3.8) is 0 Å². The molecule has 5 nitrogen and oxygen atoms in total. The van der Waals surface area contributed by atoms with Gasteiger partial charge in [-0.1, -0.05) is 37.3 Å². The molecule has 0 saturated carbocycles. The molecular formula is C19H20N4O. The van der Waals surface area contributed by atoms with Crippen molar-refractivity contribution in [2.75, 3.05) is 18.0 Å². The second-order valence-electron chi connectivity index (χ2n) is 6.84. The SMILES string of the molecule is Cc1cc(N2CC[C@](C)(c3ccccc3)C2)cn2nc(C=O)nc12. The van der Waals surface area contributed by atoms with Gasteiger partial charge in [0.25, 0.3) is 0 Å². The van der Waals surface area contributed by atoms with E-state index < -0.39 is 0 Å². The summed E-state index contributed by atoms with van der Waals surface area (Å²) in [5.74, 6) is 0.228. The lowest BCUT2D eigenvalue weighted by Gasteiger charge is -2.26. The quantitative estimate of drug-likeness (QED) is 0.696. The Morgan fingerprint density at radius 1 is 1.25 bits per heavy atom. The summed E-state index contributed by atoms with van der Waals surface area (Å²) >= 11 is 0. The Morgan fingerprint density at radius 3 is 2.79 bits per heavy atom. The van der Waals surface area contributed by atoms with Crippen LogP contribution in [0, 0.1) is 6.92 Å². The molecule has 3 heterocycles. The van der Waals surface area contributed by atoms with Crippen molar-refractivity contribution in [3.05, 3.63) is 59.5 Å². The van der Waals surface area contributed by atoms with Gasteiger partial charge in [-0.15, -0.1) is 5.10 Å². The van der Waals surface area contributed by atoms with Crippen molar-refractivity contribution in [1.82, 2.24) is 14.6 Å². The minimum Gasteiger partial charge on any atom is -0.369 e. The number of aryl methyl sites for hydroxylation is 1. The summed E-state index contributed by atoms with van der Waals surface area (Å²) in [5, 5.41) is 4.23. The monoisotopic (exact) mass is 320 g/mol. The molecule has 4 rings (SSSR count). The number of carbonyl (C=O) groups excluding carboxylic acids is 1. The van der Waals surface area contributed by atoms with Crippen molar-refractivity contribution in [3.8, 4) is 0 Å². The topological polar surface area (TPSA) is 50.5 Å². The highest BCUT2D eigenvalue weighted by Crippen LogP contribution is 2.36. The molecule has 0 unspecified atom stereocenters. The highest BCUT2D eigenvalue weighted by molar-refractivity contribution is 5.71. The summed E-state index contributed by atoms with van der Waals surface area (Å²) in [6, 6.07) is 12.8. The third-order valence-corrected chi connectivity index (χ3v) is 5.03. The average Bonchev–Trinajstić information content (AvgIpc) is 3.20. The third kappa shape index (κ3) is 2.37. The molecule has 1 aliphatic rings. The first kappa shape index (κ1) is 14.9. The van der Waals surface area contributed by atoms with E-state index in [-0.39, 0.29) is 11.2 Å². The van der Waals surface area contributed by atoms with Crippen molar-refractivity contribution in [1.29, 1.82) is 0 Å². The van der Waals surface area contributed by atoms with Gasteiger partial charge in [-0.3, -0.25) is 4.79 Å². The Kier molecular flexibility index (Phi) is 3.37. The fourth-order valence-electron chi connectivity index (χ4n) is 3.63. The molecule has 0 amide bonds. The number of pyridine rings is 1. The minimum absolute atomic E-state index is 0.153. The number of carbonyl (C=O) groups is 1. The zero-order valence-corrected chi connectivity index (χ0v) is 13.9. The number of hydrogen-bond donors (Lipinski definition) is 0. The van der Waals surface area contributed by atoms with Crippen molar-refractivity contribution in [2.45, 2.75) is 25.7 Å². The Morgan fingerprint density at radius 2 is 2.04 bits per heavy atom. The van der Waals surface area contributed by atoms with Crippen LogP contribution >= 0.6 is 0 Å². The molecule has 24 heavy (non-hydrogen) atoms. The normalized spacial score (nSPS) is 20.7. The minimum atomic E-state index is 0.153. The van der Waals surface area contributed by atoms with E-state index in [1.165, 1.54) is 5.56 Å². The molecule has 0 radical (unpaired) electrons. The molecule has 1 fully saturated rings. The van der Waals surface area contributed by atoms with Gasteiger partial charge in [0.15, 0.2) is 11.9 Å². The van der Waals surface area contributed by atoms with Crippen LogP contribution in [0.3, 0.4) is 0 Å². The maximum absolute atomic E-state index is 10.9. The van der Waals surface area contributed by atoms with Crippen molar-refractivity contribution >= 4 is 17.6 Å². The van der Waals surface area contributed by atoms with Crippen LogP contribution in [0.15, 0.2) is 42.6 Å². The predicted octanol–water partition coefficient (Wildman–Crippen LogP) is 3.02. The van der Waals surface area contributed by atoms with Crippen molar-refractivity contribution < 1.29 is 4.79 Å². The molecule has 5 heteroatoms. The molecular weight excluding hydrogens is 300 g/mol. The Bertz CT molecular complexity index is 902. The second-order valence-corrected chi connectivity index (χ2v) is 6.84. The van der Waals surface area contributed by atoms with E-state index in [0.29, 0.717) is 6.29 Å². The van der Waals surface area contributed by atoms with Crippen LogP contribution in [0.1, 0.15) is 35.1 Å². The number of hydrogen-bond acceptors (Lipinski definition) is 4. The molecule has 0 aliphatic carbocycles. The number of anilines is 1. The largest absolute Gasteiger partial charge is 0.369 e. The van der Waals surface area contributed by atoms with E-state index in [1.54, 1.807) is 4.52 Å². The summed E-state index contributed by atoms with van der Waals surface area (Å²) in [4.78, 5) is 17.6. The fourth-order valence-corrected chi connectivity index (χ4v) is 3.63. The third-order valence-electron chi connectivity index (χ3n) is 5.03. The summed E-state index contributed by atoms with van der Waals surface area (Å²) in [7, 11) is 0. The van der Waals surface area contributed by atoms with E-state index >= 15 is 0 Å². The Labute approximate surface area is 140 Å². The van der Waals surface area contributed by atoms with Crippen LogP contribution < -0.4 is 4.90 Å².